The quantitative estimate of drug-likeness (QED) is 0.535. The van der Waals surface area contributed by atoms with Gasteiger partial charge in [0.1, 0.15) is 0 Å². The summed E-state index contributed by atoms with van der Waals surface area (Å²) < 4.78 is 104. The van der Waals surface area contributed by atoms with Crippen LogP contribution in [-0.2, 0) is 17.1 Å². The third kappa shape index (κ3) is 4.74. The van der Waals surface area contributed by atoms with Crippen LogP contribution in [0.5, 0.6) is 0 Å². The van der Waals surface area contributed by atoms with Gasteiger partial charge in [0.05, 0.1) is 29.9 Å². The van der Waals surface area contributed by atoms with Crippen LogP contribution in [0.25, 0.3) is 17.5 Å². The highest BCUT2D eigenvalue weighted by molar-refractivity contribution is 5.90. The van der Waals surface area contributed by atoms with Crippen LogP contribution in [0.1, 0.15) is 11.1 Å². The Labute approximate surface area is 158 Å². The van der Waals surface area contributed by atoms with Crippen molar-refractivity contribution in [1.29, 1.82) is 0 Å². The Morgan fingerprint density at radius 3 is 2.03 bits per heavy atom. The Hall–Kier alpha value is -2.92. The predicted octanol–water partition coefficient (Wildman–Crippen LogP) is 4.54. The van der Waals surface area contributed by atoms with E-state index in [0.29, 0.717) is 12.1 Å². The lowest BCUT2D eigenvalue weighted by Crippen LogP contribution is -2.58. The summed E-state index contributed by atoms with van der Waals surface area (Å²) in [4.78, 5) is 12.6. The zero-order valence-electron chi connectivity index (χ0n) is 14.2. The smallest absolute Gasteiger partial charge is 0.327 e. The summed E-state index contributed by atoms with van der Waals surface area (Å²) in [7, 11) is 0. The molecule has 156 valence electrons. The van der Waals surface area contributed by atoms with Crippen molar-refractivity contribution in [2.45, 2.75) is 18.3 Å². The molecule has 12 heteroatoms. The average molecular weight is 425 g/mol. The zero-order chi connectivity index (χ0) is 21.6. The van der Waals surface area contributed by atoms with Gasteiger partial charge >= 0.3 is 12.4 Å². The first-order valence-corrected chi connectivity index (χ1v) is 7.95. The van der Waals surface area contributed by atoms with Crippen molar-refractivity contribution in [3.63, 3.8) is 0 Å². The lowest BCUT2D eigenvalue weighted by Gasteiger charge is -2.37. The van der Waals surface area contributed by atoms with Crippen LogP contribution in [-0.4, -0.2) is 39.6 Å². The van der Waals surface area contributed by atoms with Gasteiger partial charge < -0.3 is 4.90 Å². The van der Waals surface area contributed by atoms with E-state index in [9.17, 15) is 39.9 Å². The van der Waals surface area contributed by atoms with Gasteiger partial charge in [-0.1, -0.05) is 0 Å². The van der Waals surface area contributed by atoms with E-state index < -0.39 is 54.0 Å². The minimum absolute atomic E-state index is 0.00189. The number of carbonyl (C=O) groups excluding carboxylic acids is 1. The molecule has 0 N–H and O–H groups in total. The number of aromatic nitrogens is 2. The summed E-state index contributed by atoms with van der Waals surface area (Å²) in [5.74, 6) is -3.67. The molecule has 0 radical (unpaired) electrons. The fraction of sp³-hybridized carbons (Fsp3) is 0.294. The van der Waals surface area contributed by atoms with Crippen molar-refractivity contribution in [2.24, 2.45) is 0 Å². The topological polar surface area (TPSA) is 38.1 Å². The standard InChI is InChI=1S/C17H11F8N3O/c18-15(19)8-27(9-15)14(29)2-4-28-3-1-13(26-28)10-5-11(16(20,21)22)7-12(6-10)17(23,24)25/h1-7H,8-9H2. The maximum absolute atomic E-state index is 12.9. The van der Waals surface area contributed by atoms with Crippen molar-refractivity contribution in [1.82, 2.24) is 14.7 Å². The van der Waals surface area contributed by atoms with Crippen molar-refractivity contribution < 1.29 is 39.9 Å². The Morgan fingerprint density at radius 1 is 1.00 bits per heavy atom. The van der Waals surface area contributed by atoms with Crippen LogP contribution >= 0.6 is 0 Å². The first-order valence-electron chi connectivity index (χ1n) is 7.95. The maximum atomic E-state index is 12.9. The van der Waals surface area contributed by atoms with Crippen LogP contribution in [0.4, 0.5) is 35.1 Å². The largest absolute Gasteiger partial charge is 0.416 e. The van der Waals surface area contributed by atoms with Gasteiger partial charge in [-0.05, 0) is 24.3 Å². The highest BCUT2D eigenvalue weighted by Gasteiger charge is 2.45. The zero-order valence-corrected chi connectivity index (χ0v) is 14.2. The van der Waals surface area contributed by atoms with E-state index in [1.807, 2.05) is 0 Å². The van der Waals surface area contributed by atoms with Gasteiger partial charge in [-0.2, -0.15) is 31.4 Å². The fourth-order valence-corrected chi connectivity index (χ4v) is 2.59. The number of alkyl halides is 8. The van der Waals surface area contributed by atoms with Crippen LogP contribution in [0.2, 0.25) is 0 Å². The first kappa shape index (κ1) is 20.8. The van der Waals surface area contributed by atoms with Gasteiger partial charge in [-0.3, -0.25) is 4.79 Å². The second-order valence-corrected chi connectivity index (χ2v) is 6.34. The fourth-order valence-electron chi connectivity index (χ4n) is 2.59. The molecule has 1 fully saturated rings. The number of amides is 1. The molecule has 29 heavy (non-hydrogen) atoms. The number of rotatable bonds is 3. The average Bonchev–Trinajstić information content (AvgIpc) is 3.04. The monoisotopic (exact) mass is 425 g/mol. The molecular weight excluding hydrogens is 414 g/mol. The number of halogens is 8. The molecule has 0 unspecified atom stereocenters. The van der Waals surface area contributed by atoms with Gasteiger partial charge in [0, 0.05) is 24.0 Å². The van der Waals surface area contributed by atoms with E-state index in [4.69, 9.17) is 0 Å². The maximum Gasteiger partial charge on any atom is 0.416 e. The molecule has 1 aliphatic rings. The van der Waals surface area contributed by atoms with Crippen LogP contribution in [0.3, 0.4) is 0 Å². The summed E-state index contributed by atoms with van der Waals surface area (Å²) >= 11 is 0. The number of likely N-dealkylation sites (tertiary alicyclic amines) is 1. The van der Waals surface area contributed by atoms with E-state index >= 15 is 0 Å². The van der Waals surface area contributed by atoms with Crippen LogP contribution in [0, 0.1) is 0 Å². The Morgan fingerprint density at radius 2 is 1.55 bits per heavy atom. The van der Waals surface area contributed by atoms with E-state index in [0.717, 1.165) is 27.9 Å². The molecule has 2 heterocycles. The van der Waals surface area contributed by atoms with Crippen molar-refractivity contribution in [2.75, 3.05) is 13.1 Å². The molecule has 0 saturated carbocycles. The summed E-state index contributed by atoms with van der Waals surface area (Å²) in [6.45, 7) is -1.46. The van der Waals surface area contributed by atoms with Crippen LogP contribution in [0.15, 0.2) is 36.5 Å². The molecule has 1 amide bonds. The molecule has 4 nitrogen and oxygen atoms in total. The second kappa shape index (κ2) is 6.85. The van der Waals surface area contributed by atoms with Gasteiger partial charge in [-0.25, -0.2) is 13.5 Å². The molecular formula is C17H11F8N3O. The van der Waals surface area contributed by atoms with Gasteiger partial charge in [0.25, 0.3) is 5.92 Å². The molecule has 0 atom stereocenters. The molecule has 1 aliphatic heterocycles. The highest BCUT2D eigenvalue weighted by Crippen LogP contribution is 2.38. The number of nitrogens with zero attached hydrogens (tertiary/aromatic N) is 3. The third-order valence-electron chi connectivity index (χ3n) is 4.02. The minimum Gasteiger partial charge on any atom is -0.327 e. The molecule has 3 rings (SSSR count). The normalized spacial score (nSPS) is 16.9. The predicted molar refractivity (Wildman–Crippen MR) is 84.5 cm³/mol. The van der Waals surface area contributed by atoms with Crippen molar-refractivity contribution in [3.8, 4) is 11.3 Å². The first-order chi connectivity index (χ1) is 13.2. The summed E-state index contributed by atoms with van der Waals surface area (Å²) in [5.41, 5.74) is -3.59. The molecule has 0 spiro atoms. The molecule has 0 bridgehead atoms. The van der Waals surface area contributed by atoms with Crippen molar-refractivity contribution in [3.05, 3.63) is 47.7 Å². The van der Waals surface area contributed by atoms with Crippen molar-refractivity contribution >= 4 is 12.1 Å². The van der Waals surface area contributed by atoms with E-state index in [1.165, 1.54) is 6.20 Å². The summed E-state index contributed by atoms with van der Waals surface area (Å²) in [5, 5.41) is 3.81. The van der Waals surface area contributed by atoms with Gasteiger partial charge in [-0.15, -0.1) is 0 Å². The highest BCUT2D eigenvalue weighted by atomic mass is 19.4. The van der Waals surface area contributed by atoms with Gasteiger partial charge in [0.2, 0.25) is 5.91 Å². The molecule has 1 aromatic carbocycles. The Bertz CT molecular complexity index is 918. The van der Waals surface area contributed by atoms with E-state index in [-0.39, 0.29) is 11.8 Å². The lowest BCUT2D eigenvalue weighted by molar-refractivity contribution is -0.160. The molecule has 0 aliphatic carbocycles. The number of hydrogen-bond donors (Lipinski definition) is 0. The van der Waals surface area contributed by atoms with E-state index in [1.54, 1.807) is 0 Å². The lowest BCUT2D eigenvalue weighted by atomic mass is 10.0. The van der Waals surface area contributed by atoms with E-state index in [2.05, 4.69) is 5.10 Å². The SMILES string of the molecule is O=C(C=Cn1ccc(-c2cc(C(F)(F)F)cc(C(F)(F)F)c2)n1)N1CC(F)(F)C1. The minimum atomic E-state index is -5.00. The van der Waals surface area contributed by atoms with Crippen LogP contribution < -0.4 is 0 Å². The number of carbonyl (C=O) groups is 1. The summed E-state index contributed by atoms with van der Waals surface area (Å²) in [6, 6.07) is 2.21. The number of benzene rings is 1. The Balaban J connectivity index is 1.84. The third-order valence-corrected chi connectivity index (χ3v) is 4.02. The summed E-state index contributed by atoms with van der Waals surface area (Å²) in [6.07, 6.45) is -6.83. The second-order valence-electron chi connectivity index (χ2n) is 6.34. The molecule has 2 aromatic rings. The number of hydrogen-bond acceptors (Lipinski definition) is 2. The van der Waals surface area contributed by atoms with Gasteiger partial charge in [0.15, 0.2) is 0 Å². The Kier molecular flexibility index (Phi) is 4.91. The molecule has 1 saturated heterocycles. The molecule has 1 aromatic heterocycles.